The highest BCUT2D eigenvalue weighted by Gasteiger charge is 2.29. The molecule has 0 amide bonds. The van der Waals surface area contributed by atoms with Crippen molar-refractivity contribution in [2.45, 2.75) is 25.4 Å². The average Bonchev–Trinajstić information content (AvgIpc) is 3.44. The zero-order chi connectivity index (χ0) is 18.8. The molecule has 0 atom stereocenters. The first-order valence-corrected chi connectivity index (χ1v) is 8.62. The van der Waals surface area contributed by atoms with Gasteiger partial charge in [-0.25, -0.2) is 4.98 Å². The molecule has 140 valence electrons. The molecule has 2 aromatic heterocycles. The quantitative estimate of drug-likeness (QED) is 0.648. The van der Waals surface area contributed by atoms with Crippen molar-refractivity contribution in [2.24, 2.45) is 0 Å². The van der Waals surface area contributed by atoms with Crippen LogP contribution in [-0.4, -0.2) is 34.3 Å². The summed E-state index contributed by atoms with van der Waals surface area (Å²) in [6.07, 6.45) is 3.88. The second-order valence-electron chi connectivity index (χ2n) is 6.22. The van der Waals surface area contributed by atoms with Gasteiger partial charge in [0.05, 0.1) is 7.11 Å². The zero-order valence-corrected chi connectivity index (χ0v) is 15.1. The van der Waals surface area contributed by atoms with Gasteiger partial charge < -0.3 is 25.0 Å². The maximum Gasteiger partial charge on any atom is 0.229 e. The van der Waals surface area contributed by atoms with E-state index in [0.29, 0.717) is 34.9 Å². The highest BCUT2D eigenvalue weighted by molar-refractivity contribution is 5.76. The van der Waals surface area contributed by atoms with Gasteiger partial charge in [-0.05, 0) is 30.5 Å². The molecule has 1 aliphatic rings. The van der Waals surface area contributed by atoms with Crippen LogP contribution in [0.15, 0.2) is 28.9 Å². The minimum Gasteiger partial charge on any atom is -0.493 e. The normalized spacial score (nSPS) is 13.4. The van der Waals surface area contributed by atoms with Crippen LogP contribution >= 0.6 is 0 Å². The zero-order valence-electron chi connectivity index (χ0n) is 15.1. The summed E-state index contributed by atoms with van der Waals surface area (Å²) in [5, 5.41) is 6.99. The molecule has 1 fully saturated rings. The molecule has 0 saturated heterocycles. The first-order chi connectivity index (χ1) is 13.2. The molecular formula is C18H20N6O3. The third-order valence-corrected chi connectivity index (χ3v) is 4.29. The smallest absolute Gasteiger partial charge is 0.229 e. The predicted octanol–water partition coefficient (Wildman–Crippen LogP) is 2.62. The van der Waals surface area contributed by atoms with Crippen LogP contribution in [0.1, 0.15) is 30.5 Å². The number of anilines is 2. The monoisotopic (exact) mass is 368 g/mol. The first-order valence-electron chi connectivity index (χ1n) is 8.62. The number of methoxy groups -OCH3 is 1. The van der Waals surface area contributed by atoms with E-state index in [9.17, 15) is 0 Å². The Kier molecular flexibility index (Phi) is 4.49. The molecule has 0 spiro atoms. The summed E-state index contributed by atoms with van der Waals surface area (Å²) >= 11 is 0. The highest BCUT2D eigenvalue weighted by Crippen LogP contribution is 2.39. The number of hydrogen-bond acceptors (Lipinski definition) is 9. The number of nitrogens with one attached hydrogen (secondary N) is 1. The van der Waals surface area contributed by atoms with Crippen molar-refractivity contribution in [3.8, 4) is 22.6 Å². The summed E-state index contributed by atoms with van der Waals surface area (Å²) in [5.74, 6) is 3.61. The van der Waals surface area contributed by atoms with Crippen molar-refractivity contribution < 1.29 is 14.0 Å². The van der Waals surface area contributed by atoms with Gasteiger partial charge in [-0.2, -0.15) is 9.97 Å². The van der Waals surface area contributed by atoms with Crippen molar-refractivity contribution in [1.82, 2.24) is 20.1 Å². The van der Waals surface area contributed by atoms with Gasteiger partial charge in [0.15, 0.2) is 18.1 Å². The third kappa shape index (κ3) is 3.62. The van der Waals surface area contributed by atoms with E-state index in [-0.39, 0.29) is 12.6 Å². The van der Waals surface area contributed by atoms with Crippen LogP contribution in [0.2, 0.25) is 0 Å². The van der Waals surface area contributed by atoms with Crippen LogP contribution < -0.4 is 20.5 Å². The number of nitrogen functional groups attached to an aromatic ring is 1. The Labute approximate surface area is 155 Å². The number of hydrogen-bond donors (Lipinski definition) is 2. The van der Waals surface area contributed by atoms with E-state index in [1.165, 1.54) is 0 Å². The standard InChI is InChI=1S/C18H20N6O3/c1-20-16-12(8-21-18(19)23-16)11-5-6-13(25-2)14(7-11)26-9-15-22-17(27-24-15)10-3-4-10/h5-8,10H,3-4,9H2,1-2H3,(H3,19,20,21,23). The molecule has 9 heteroatoms. The topological polar surface area (TPSA) is 121 Å². The Morgan fingerprint density at radius 3 is 2.85 bits per heavy atom. The van der Waals surface area contributed by atoms with E-state index >= 15 is 0 Å². The van der Waals surface area contributed by atoms with Crippen LogP contribution in [0.3, 0.4) is 0 Å². The lowest BCUT2D eigenvalue weighted by atomic mass is 10.1. The first kappa shape index (κ1) is 17.1. The van der Waals surface area contributed by atoms with Crippen LogP contribution in [0.4, 0.5) is 11.8 Å². The lowest BCUT2D eigenvalue weighted by Crippen LogP contribution is -2.03. The Balaban J connectivity index is 1.58. The van der Waals surface area contributed by atoms with Crippen molar-refractivity contribution >= 4 is 11.8 Å². The van der Waals surface area contributed by atoms with E-state index in [2.05, 4.69) is 25.4 Å². The fourth-order valence-electron chi connectivity index (χ4n) is 2.72. The molecule has 3 aromatic rings. The molecular weight excluding hydrogens is 348 g/mol. The Hall–Kier alpha value is -3.36. The molecule has 1 aromatic carbocycles. The van der Waals surface area contributed by atoms with E-state index < -0.39 is 0 Å². The molecule has 0 bridgehead atoms. The number of rotatable bonds is 7. The number of ether oxygens (including phenoxy) is 2. The largest absolute Gasteiger partial charge is 0.493 e. The van der Waals surface area contributed by atoms with Crippen LogP contribution in [0.25, 0.3) is 11.1 Å². The molecule has 27 heavy (non-hydrogen) atoms. The summed E-state index contributed by atoms with van der Waals surface area (Å²) in [5.41, 5.74) is 7.33. The number of benzene rings is 1. The van der Waals surface area contributed by atoms with Crippen LogP contribution in [0.5, 0.6) is 11.5 Å². The molecule has 1 saturated carbocycles. The maximum absolute atomic E-state index is 5.89. The lowest BCUT2D eigenvalue weighted by Gasteiger charge is -2.13. The summed E-state index contributed by atoms with van der Waals surface area (Å²) in [7, 11) is 3.37. The lowest BCUT2D eigenvalue weighted by molar-refractivity contribution is 0.269. The van der Waals surface area contributed by atoms with Gasteiger partial charge in [-0.1, -0.05) is 11.2 Å². The van der Waals surface area contributed by atoms with Crippen molar-refractivity contribution in [2.75, 3.05) is 25.2 Å². The van der Waals surface area contributed by atoms with Crippen molar-refractivity contribution in [1.29, 1.82) is 0 Å². The van der Waals surface area contributed by atoms with E-state index in [0.717, 1.165) is 24.0 Å². The minimum atomic E-state index is 0.188. The third-order valence-electron chi connectivity index (χ3n) is 4.29. The molecule has 1 aliphatic carbocycles. The van der Waals surface area contributed by atoms with Gasteiger partial charge in [-0.15, -0.1) is 0 Å². The molecule has 2 heterocycles. The van der Waals surface area contributed by atoms with Crippen LogP contribution in [0, 0.1) is 0 Å². The number of nitrogens with zero attached hydrogens (tertiary/aromatic N) is 4. The fraction of sp³-hybridized carbons (Fsp3) is 0.333. The Bertz CT molecular complexity index is 954. The Morgan fingerprint density at radius 2 is 2.11 bits per heavy atom. The fourth-order valence-corrected chi connectivity index (χ4v) is 2.72. The molecule has 3 N–H and O–H groups in total. The van der Waals surface area contributed by atoms with Gasteiger partial charge in [0.1, 0.15) is 5.82 Å². The molecule has 0 unspecified atom stereocenters. The van der Waals surface area contributed by atoms with E-state index in [4.69, 9.17) is 19.7 Å². The van der Waals surface area contributed by atoms with Gasteiger partial charge in [0.25, 0.3) is 0 Å². The average molecular weight is 368 g/mol. The summed E-state index contributed by atoms with van der Waals surface area (Å²) < 4.78 is 16.5. The molecule has 4 rings (SSSR count). The van der Waals surface area contributed by atoms with E-state index in [1.807, 2.05) is 18.2 Å². The van der Waals surface area contributed by atoms with E-state index in [1.54, 1.807) is 20.4 Å². The maximum atomic E-state index is 5.89. The highest BCUT2D eigenvalue weighted by atomic mass is 16.5. The minimum absolute atomic E-state index is 0.188. The molecule has 9 nitrogen and oxygen atoms in total. The van der Waals surface area contributed by atoms with Gasteiger partial charge in [0.2, 0.25) is 17.7 Å². The second-order valence-corrected chi connectivity index (χ2v) is 6.22. The molecule has 0 radical (unpaired) electrons. The Morgan fingerprint density at radius 1 is 1.26 bits per heavy atom. The number of aromatic nitrogens is 4. The summed E-state index contributed by atoms with van der Waals surface area (Å²) in [6.45, 7) is 0.188. The van der Waals surface area contributed by atoms with Gasteiger partial charge >= 0.3 is 0 Å². The second kappa shape index (κ2) is 7.10. The summed E-state index contributed by atoms with van der Waals surface area (Å²) in [6, 6.07) is 5.59. The predicted molar refractivity (Wildman–Crippen MR) is 98.6 cm³/mol. The van der Waals surface area contributed by atoms with Crippen molar-refractivity contribution in [3.63, 3.8) is 0 Å². The van der Waals surface area contributed by atoms with Crippen LogP contribution in [-0.2, 0) is 6.61 Å². The van der Waals surface area contributed by atoms with Gasteiger partial charge in [0, 0.05) is 24.7 Å². The number of nitrogens with two attached hydrogens (primary N) is 1. The molecule has 0 aliphatic heterocycles. The SMILES string of the molecule is CNc1nc(N)ncc1-c1ccc(OC)c(OCc2noc(C3CC3)n2)c1. The van der Waals surface area contributed by atoms with Gasteiger partial charge in [-0.3, -0.25) is 0 Å². The van der Waals surface area contributed by atoms with Crippen molar-refractivity contribution in [3.05, 3.63) is 36.1 Å². The summed E-state index contributed by atoms with van der Waals surface area (Å²) in [4.78, 5) is 12.7.